The number of benzene rings is 4. The molecule has 10 heteroatoms. The number of aromatic nitrogens is 1. The number of carbonyl (C=O) groups excluding carboxylic acids is 2. The molecule has 2 amide bonds. The fourth-order valence-electron chi connectivity index (χ4n) is 5.41. The molecule has 2 aliphatic heterocycles. The van der Waals surface area contributed by atoms with E-state index in [1.165, 1.54) is 16.9 Å². The Kier molecular flexibility index (Phi) is 6.82. The first-order valence-corrected chi connectivity index (χ1v) is 15.6. The standard InChI is InChI=1S/C31H25N5O2S3/c37-28-22-10-6-9-21-25(34-15-17-35(18-16-34)31(39)40-19-20-7-2-1-3-8-20)14-13-23(27(21)22)29(38)36(28)33-30-32-24-11-4-5-12-26(24)41-30/h1-14H,15-19H2,(H,32,33). The Morgan fingerprint density at radius 2 is 1.59 bits per heavy atom. The number of rotatable bonds is 5. The summed E-state index contributed by atoms with van der Waals surface area (Å²) in [7, 11) is 0. The van der Waals surface area contributed by atoms with Crippen molar-refractivity contribution >= 4 is 83.3 Å². The SMILES string of the molecule is O=C1c2cccc3c(N4CCN(C(=S)SCc5ccccc5)CC4)ccc(c23)C(=O)N1Nc1nc2ccccc2s1. The molecule has 1 N–H and O–H groups in total. The van der Waals surface area contributed by atoms with Gasteiger partial charge in [0.2, 0.25) is 5.13 Å². The van der Waals surface area contributed by atoms with Gasteiger partial charge in [-0.3, -0.25) is 15.0 Å². The predicted molar refractivity (Wildman–Crippen MR) is 172 cm³/mol. The maximum absolute atomic E-state index is 13.6. The summed E-state index contributed by atoms with van der Waals surface area (Å²) in [6.45, 7) is 3.25. The predicted octanol–water partition coefficient (Wildman–Crippen LogP) is 6.41. The Bertz CT molecular complexity index is 1760. The fraction of sp³-hybridized carbons (Fsp3) is 0.161. The summed E-state index contributed by atoms with van der Waals surface area (Å²) in [6, 6.07) is 27.6. The zero-order valence-corrected chi connectivity index (χ0v) is 24.4. The van der Waals surface area contributed by atoms with Crippen LogP contribution in [0.5, 0.6) is 0 Å². The van der Waals surface area contributed by atoms with Gasteiger partial charge in [0.05, 0.1) is 21.3 Å². The highest BCUT2D eigenvalue weighted by atomic mass is 32.2. The molecule has 0 spiro atoms. The van der Waals surface area contributed by atoms with Crippen molar-refractivity contribution < 1.29 is 9.59 Å². The van der Waals surface area contributed by atoms with Crippen molar-refractivity contribution in [2.45, 2.75) is 5.75 Å². The minimum Gasteiger partial charge on any atom is -0.367 e. The molecule has 2 aliphatic rings. The van der Waals surface area contributed by atoms with Crippen LogP contribution in [0.3, 0.4) is 0 Å². The minimum atomic E-state index is -0.380. The molecule has 0 aliphatic carbocycles. The van der Waals surface area contributed by atoms with E-state index in [1.54, 1.807) is 17.8 Å². The average Bonchev–Trinajstić information content (AvgIpc) is 3.44. The number of amides is 2. The van der Waals surface area contributed by atoms with Crippen molar-refractivity contribution in [1.82, 2.24) is 14.9 Å². The first-order chi connectivity index (χ1) is 20.1. The lowest BCUT2D eigenvalue weighted by atomic mass is 9.93. The van der Waals surface area contributed by atoms with Gasteiger partial charge in [-0.15, -0.1) is 0 Å². The average molecular weight is 596 g/mol. The molecule has 7 rings (SSSR count). The summed E-state index contributed by atoms with van der Waals surface area (Å²) in [5.74, 6) is 0.104. The topological polar surface area (TPSA) is 68.8 Å². The molecule has 1 saturated heterocycles. The zero-order valence-electron chi connectivity index (χ0n) is 21.9. The van der Waals surface area contributed by atoms with Crippen molar-refractivity contribution in [1.29, 1.82) is 0 Å². The third-order valence-electron chi connectivity index (χ3n) is 7.47. The van der Waals surface area contributed by atoms with Gasteiger partial charge in [-0.25, -0.2) is 4.98 Å². The summed E-state index contributed by atoms with van der Waals surface area (Å²) >= 11 is 8.85. The molecule has 0 unspecified atom stereocenters. The molecule has 0 atom stereocenters. The summed E-state index contributed by atoms with van der Waals surface area (Å²) in [4.78, 5) is 36.3. The van der Waals surface area contributed by atoms with E-state index in [4.69, 9.17) is 12.2 Å². The van der Waals surface area contributed by atoms with E-state index >= 15 is 0 Å². The Labute approximate surface area is 250 Å². The Morgan fingerprint density at radius 3 is 2.37 bits per heavy atom. The van der Waals surface area contributed by atoms with E-state index in [0.29, 0.717) is 21.6 Å². The maximum Gasteiger partial charge on any atom is 0.280 e. The number of hydrogen-bond acceptors (Lipinski definition) is 8. The van der Waals surface area contributed by atoms with Crippen LogP contribution in [-0.2, 0) is 5.75 Å². The second kappa shape index (κ2) is 10.8. The third kappa shape index (κ3) is 4.81. The minimum absolute atomic E-state index is 0.380. The summed E-state index contributed by atoms with van der Waals surface area (Å²) in [5.41, 5.74) is 7.10. The molecule has 3 heterocycles. The first kappa shape index (κ1) is 25.9. The van der Waals surface area contributed by atoms with E-state index in [2.05, 4.69) is 44.5 Å². The number of carbonyl (C=O) groups is 2. The van der Waals surface area contributed by atoms with Gasteiger partial charge >= 0.3 is 0 Å². The second-order valence-corrected chi connectivity index (χ2v) is 12.6. The van der Waals surface area contributed by atoms with Crippen molar-refractivity contribution in [3.05, 3.63) is 102 Å². The van der Waals surface area contributed by atoms with Gasteiger partial charge in [-0.2, -0.15) is 5.01 Å². The van der Waals surface area contributed by atoms with Gasteiger partial charge in [0, 0.05) is 48.4 Å². The normalized spacial score (nSPS) is 15.2. The largest absolute Gasteiger partial charge is 0.367 e. The van der Waals surface area contributed by atoms with E-state index < -0.39 is 0 Å². The molecule has 204 valence electrons. The molecular weight excluding hydrogens is 571 g/mol. The Morgan fingerprint density at radius 1 is 0.854 bits per heavy atom. The van der Waals surface area contributed by atoms with Crippen molar-refractivity contribution in [2.24, 2.45) is 0 Å². The van der Waals surface area contributed by atoms with Gasteiger partial charge in [0.15, 0.2) is 0 Å². The highest BCUT2D eigenvalue weighted by Gasteiger charge is 2.35. The van der Waals surface area contributed by atoms with E-state index in [9.17, 15) is 9.59 Å². The lowest BCUT2D eigenvalue weighted by Gasteiger charge is -2.38. The van der Waals surface area contributed by atoms with Crippen molar-refractivity contribution in [3.8, 4) is 0 Å². The molecule has 1 fully saturated rings. The van der Waals surface area contributed by atoms with Gasteiger partial charge < -0.3 is 9.80 Å². The van der Waals surface area contributed by atoms with Gasteiger partial charge in [-0.1, -0.05) is 89.9 Å². The number of para-hydroxylation sites is 1. The summed E-state index contributed by atoms with van der Waals surface area (Å²) in [6.07, 6.45) is 0. The number of imide groups is 1. The first-order valence-electron chi connectivity index (χ1n) is 13.3. The smallest absolute Gasteiger partial charge is 0.280 e. The second-order valence-electron chi connectivity index (χ2n) is 9.92. The van der Waals surface area contributed by atoms with Crippen molar-refractivity contribution in [3.63, 3.8) is 0 Å². The van der Waals surface area contributed by atoms with Crippen molar-refractivity contribution in [2.75, 3.05) is 36.5 Å². The Hall–Kier alpha value is -3.99. The monoisotopic (exact) mass is 595 g/mol. The van der Waals surface area contributed by atoms with Gasteiger partial charge in [0.25, 0.3) is 11.8 Å². The van der Waals surface area contributed by atoms with Crippen LogP contribution >= 0.6 is 35.3 Å². The van der Waals surface area contributed by atoms with Crippen LogP contribution in [0.2, 0.25) is 0 Å². The number of fused-ring (bicyclic) bond motifs is 1. The van der Waals surface area contributed by atoms with Crippen LogP contribution in [0.15, 0.2) is 84.9 Å². The highest BCUT2D eigenvalue weighted by molar-refractivity contribution is 8.22. The molecule has 0 saturated carbocycles. The summed E-state index contributed by atoms with van der Waals surface area (Å²) < 4.78 is 1.90. The van der Waals surface area contributed by atoms with Crippen LogP contribution in [0, 0.1) is 0 Å². The number of thiocarbonyl (C=S) groups is 1. The highest BCUT2D eigenvalue weighted by Crippen LogP contribution is 2.37. The Balaban J connectivity index is 1.09. The lowest BCUT2D eigenvalue weighted by Crippen LogP contribution is -2.48. The van der Waals surface area contributed by atoms with Crippen LogP contribution in [0.4, 0.5) is 10.8 Å². The van der Waals surface area contributed by atoms with Crippen LogP contribution in [0.25, 0.3) is 21.0 Å². The van der Waals surface area contributed by atoms with E-state index in [-0.39, 0.29) is 11.8 Å². The fourth-order valence-corrected chi connectivity index (χ4v) is 7.48. The molecule has 0 bridgehead atoms. The molecule has 41 heavy (non-hydrogen) atoms. The van der Waals surface area contributed by atoms with E-state index in [0.717, 1.165) is 62.6 Å². The molecule has 0 radical (unpaired) electrons. The lowest BCUT2D eigenvalue weighted by molar-refractivity contribution is 0.0649. The number of anilines is 2. The molecule has 1 aromatic heterocycles. The zero-order chi connectivity index (χ0) is 27.9. The molecule has 5 aromatic rings. The number of nitrogens with one attached hydrogen (secondary N) is 1. The number of thioether (sulfide) groups is 1. The molecule has 7 nitrogen and oxygen atoms in total. The number of thiazole rings is 1. The quantitative estimate of drug-likeness (QED) is 0.185. The van der Waals surface area contributed by atoms with Gasteiger partial charge in [-0.05, 0) is 35.9 Å². The van der Waals surface area contributed by atoms with E-state index in [1.807, 2.05) is 54.6 Å². The molecule has 4 aromatic carbocycles. The van der Waals surface area contributed by atoms with Crippen LogP contribution < -0.4 is 10.3 Å². The number of nitrogens with zero attached hydrogens (tertiary/aromatic N) is 4. The molecular formula is C31H25N5O2S3. The van der Waals surface area contributed by atoms with Crippen LogP contribution in [0.1, 0.15) is 26.3 Å². The number of piperazine rings is 1. The number of hydrogen-bond donors (Lipinski definition) is 1. The third-order valence-corrected chi connectivity index (χ3v) is 10.0. The summed E-state index contributed by atoms with van der Waals surface area (Å²) in [5, 5.41) is 3.20. The van der Waals surface area contributed by atoms with Crippen LogP contribution in [-0.4, -0.2) is 57.2 Å². The van der Waals surface area contributed by atoms with Gasteiger partial charge in [0.1, 0.15) is 4.32 Å². The number of hydrazine groups is 1. The maximum atomic E-state index is 13.6.